The highest BCUT2D eigenvalue weighted by molar-refractivity contribution is 8.00. The second kappa shape index (κ2) is 7.28. The Kier molecular flexibility index (Phi) is 5.10. The molecule has 130 valence electrons. The predicted molar refractivity (Wildman–Crippen MR) is 96.6 cm³/mol. The molecule has 3 aromatic rings. The highest BCUT2D eigenvalue weighted by Gasteiger charge is 2.20. The minimum Gasteiger partial charge on any atom is -0.360 e. The van der Waals surface area contributed by atoms with E-state index in [1.54, 1.807) is 32.0 Å². The summed E-state index contributed by atoms with van der Waals surface area (Å²) in [5, 5.41) is 15.8. The lowest BCUT2D eigenvalue weighted by molar-refractivity contribution is -0.115. The van der Waals surface area contributed by atoms with Gasteiger partial charge in [-0.1, -0.05) is 28.5 Å². The van der Waals surface area contributed by atoms with Gasteiger partial charge in [0.1, 0.15) is 5.76 Å². The third-order valence-electron chi connectivity index (χ3n) is 3.47. The highest BCUT2D eigenvalue weighted by atomic mass is 35.5. The van der Waals surface area contributed by atoms with Crippen molar-refractivity contribution < 1.29 is 9.32 Å². The van der Waals surface area contributed by atoms with Crippen LogP contribution in [0.25, 0.3) is 11.4 Å². The zero-order chi connectivity index (χ0) is 18.0. The van der Waals surface area contributed by atoms with Crippen molar-refractivity contribution in [2.24, 2.45) is 7.05 Å². The maximum atomic E-state index is 12.3. The summed E-state index contributed by atoms with van der Waals surface area (Å²) in [6, 6.07) is 9.02. The third kappa shape index (κ3) is 4.02. The second-order valence-corrected chi connectivity index (χ2v) is 7.19. The Morgan fingerprint density at radius 1 is 1.32 bits per heavy atom. The molecule has 0 spiro atoms. The minimum atomic E-state index is -0.377. The van der Waals surface area contributed by atoms with Crippen LogP contribution in [-0.2, 0) is 11.8 Å². The van der Waals surface area contributed by atoms with E-state index >= 15 is 0 Å². The van der Waals surface area contributed by atoms with Crippen LogP contribution in [0.2, 0.25) is 5.02 Å². The molecule has 1 amide bonds. The Balaban J connectivity index is 1.70. The molecule has 0 unspecified atom stereocenters. The molecule has 0 fully saturated rings. The molecule has 0 radical (unpaired) electrons. The van der Waals surface area contributed by atoms with Crippen molar-refractivity contribution in [1.82, 2.24) is 19.9 Å². The predicted octanol–water partition coefficient (Wildman–Crippen LogP) is 3.55. The molecule has 25 heavy (non-hydrogen) atoms. The number of hydrogen-bond acceptors (Lipinski definition) is 6. The third-order valence-corrected chi connectivity index (χ3v) is 4.85. The number of rotatable bonds is 5. The molecule has 0 aliphatic heterocycles. The van der Waals surface area contributed by atoms with Crippen molar-refractivity contribution in [2.45, 2.75) is 24.3 Å². The second-order valence-electron chi connectivity index (χ2n) is 5.44. The van der Waals surface area contributed by atoms with E-state index in [1.807, 2.05) is 23.7 Å². The van der Waals surface area contributed by atoms with Gasteiger partial charge in [-0.25, -0.2) is 0 Å². The number of carbonyl (C=O) groups is 1. The van der Waals surface area contributed by atoms with Crippen molar-refractivity contribution in [2.75, 3.05) is 5.32 Å². The molecule has 0 bridgehead atoms. The topological polar surface area (TPSA) is 85.8 Å². The Hall–Kier alpha value is -2.32. The van der Waals surface area contributed by atoms with E-state index in [1.165, 1.54) is 11.8 Å². The van der Waals surface area contributed by atoms with E-state index < -0.39 is 0 Å². The first-order valence-electron chi connectivity index (χ1n) is 7.50. The van der Waals surface area contributed by atoms with E-state index in [9.17, 15) is 4.79 Å². The summed E-state index contributed by atoms with van der Waals surface area (Å²) in [4.78, 5) is 12.3. The number of anilines is 1. The zero-order valence-electron chi connectivity index (χ0n) is 13.9. The van der Waals surface area contributed by atoms with Crippen LogP contribution in [0.5, 0.6) is 0 Å². The van der Waals surface area contributed by atoms with Gasteiger partial charge in [0.05, 0.1) is 5.25 Å². The molecule has 7 nitrogen and oxygen atoms in total. The van der Waals surface area contributed by atoms with Gasteiger partial charge in [-0.3, -0.25) is 4.79 Å². The van der Waals surface area contributed by atoms with Gasteiger partial charge < -0.3 is 14.4 Å². The van der Waals surface area contributed by atoms with Crippen LogP contribution in [0.4, 0.5) is 5.82 Å². The number of carbonyl (C=O) groups excluding carboxylic acids is 1. The lowest BCUT2D eigenvalue weighted by Gasteiger charge is -2.10. The van der Waals surface area contributed by atoms with Crippen molar-refractivity contribution in [3.05, 3.63) is 41.1 Å². The molecule has 3 rings (SSSR count). The largest absolute Gasteiger partial charge is 0.360 e. The molecule has 0 aliphatic carbocycles. The summed E-state index contributed by atoms with van der Waals surface area (Å²) in [5.74, 6) is 1.56. The number of nitrogens with zero attached hydrogens (tertiary/aromatic N) is 4. The van der Waals surface area contributed by atoms with Crippen LogP contribution in [0.3, 0.4) is 0 Å². The summed E-state index contributed by atoms with van der Waals surface area (Å²) in [6.07, 6.45) is 0. The van der Waals surface area contributed by atoms with Gasteiger partial charge in [0, 0.05) is 23.7 Å². The van der Waals surface area contributed by atoms with Gasteiger partial charge in [-0.15, -0.1) is 10.2 Å². The monoisotopic (exact) mass is 377 g/mol. The average Bonchev–Trinajstić information content (AvgIpc) is 3.15. The first-order chi connectivity index (χ1) is 11.9. The quantitative estimate of drug-likeness (QED) is 0.684. The van der Waals surface area contributed by atoms with E-state index in [0.717, 1.165) is 5.56 Å². The number of hydrogen-bond donors (Lipinski definition) is 1. The minimum absolute atomic E-state index is 0.186. The summed E-state index contributed by atoms with van der Waals surface area (Å²) < 4.78 is 6.78. The molecule has 1 atom stereocenters. The van der Waals surface area contributed by atoms with Gasteiger partial charge in [0.2, 0.25) is 5.91 Å². The van der Waals surface area contributed by atoms with Gasteiger partial charge in [0.25, 0.3) is 0 Å². The van der Waals surface area contributed by atoms with E-state index in [-0.39, 0.29) is 11.2 Å². The lowest BCUT2D eigenvalue weighted by atomic mass is 10.2. The summed E-state index contributed by atoms with van der Waals surface area (Å²) in [5.41, 5.74) is 0.904. The van der Waals surface area contributed by atoms with E-state index in [2.05, 4.69) is 20.7 Å². The number of nitrogens with one attached hydrogen (secondary N) is 1. The SMILES string of the molecule is Cc1cc(NC(=O)[C@@H](C)Sc2nnc(-c3ccc(Cl)cc3)n2C)no1. The van der Waals surface area contributed by atoms with E-state index in [0.29, 0.717) is 27.6 Å². The summed E-state index contributed by atoms with van der Waals surface area (Å²) >= 11 is 7.23. The van der Waals surface area contributed by atoms with Crippen LogP contribution in [0, 0.1) is 6.92 Å². The fourth-order valence-corrected chi connectivity index (χ4v) is 3.07. The Labute approximate surface area is 153 Å². The summed E-state index contributed by atoms with van der Waals surface area (Å²) in [6.45, 7) is 3.56. The average molecular weight is 378 g/mol. The normalized spacial score (nSPS) is 12.2. The molecule has 2 heterocycles. The lowest BCUT2D eigenvalue weighted by Crippen LogP contribution is -2.23. The van der Waals surface area contributed by atoms with Crippen molar-refractivity contribution in [1.29, 1.82) is 0 Å². The molecule has 9 heteroatoms. The molecule has 1 N–H and O–H groups in total. The Bertz CT molecular complexity index is 890. The number of aryl methyl sites for hydroxylation is 1. The highest BCUT2D eigenvalue weighted by Crippen LogP contribution is 2.27. The number of aromatic nitrogens is 4. The van der Waals surface area contributed by atoms with E-state index in [4.69, 9.17) is 16.1 Å². The maximum absolute atomic E-state index is 12.3. The van der Waals surface area contributed by atoms with Gasteiger partial charge in [-0.05, 0) is 38.1 Å². The smallest absolute Gasteiger partial charge is 0.238 e. The summed E-state index contributed by atoms with van der Waals surface area (Å²) in [7, 11) is 1.86. The van der Waals surface area contributed by atoms with Gasteiger partial charge >= 0.3 is 0 Å². The molecule has 2 aromatic heterocycles. The molecule has 0 aliphatic rings. The number of halogens is 1. The van der Waals surface area contributed by atoms with Crippen molar-refractivity contribution >= 4 is 35.1 Å². The van der Waals surface area contributed by atoms with Crippen LogP contribution < -0.4 is 5.32 Å². The standard InChI is InChI=1S/C16H16ClN5O2S/c1-9-8-13(21-24-9)18-15(23)10(2)25-16-20-19-14(22(16)3)11-4-6-12(17)7-5-11/h4-8,10H,1-3H3,(H,18,21,23)/t10-/m1/s1. The molecule has 0 saturated carbocycles. The van der Waals surface area contributed by atoms with Crippen LogP contribution in [-0.4, -0.2) is 31.1 Å². The van der Waals surface area contributed by atoms with Gasteiger partial charge in [-0.2, -0.15) is 0 Å². The molecular formula is C16H16ClN5O2S. The van der Waals surface area contributed by atoms with Crippen molar-refractivity contribution in [3.8, 4) is 11.4 Å². The van der Waals surface area contributed by atoms with Crippen LogP contribution >= 0.6 is 23.4 Å². The zero-order valence-corrected chi connectivity index (χ0v) is 15.4. The van der Waals surface area contributed by atoms with Crippen LogP contribution in [0.15, 0.2) is 40.0 Å². The Morgan fingerprint density at radius 2 is 2.04 bits per heavy atom. The molecule has 1 aromatic carbocycles. The number of thioether (sulfide) groups is 1. The first kappa shape index (κ1) is 17.5. The first-order valence-corrected chi connectivity index (χ1v) is 8.76. The fraction of sp³-hybridized carbons (Fsp3) is 0.250. The van der Waals surface area contributed by atoms with Crippen molar-refractivity contribution in [3.63, 3.8) is 0 Å². The number of amides is 1. The number of benzene rings is 1. The maximum Gasteiger partial charge on any atom is 0.238 e. The van der Waals surface area contributed by atoms with Gasteiger partial charge in [0.15, 0.2) is 16.8 Å². The van der Waals surface area contributed by atoms with Crippen LogP contribution in [0.1, 0.15) is 12.7 Å². The molecular weight excluding hydrogens is 362 g/mol. The Morgan fingerprint density at radius 3 is 2.68 bits per heavy atom. The molecule has 0 saturated heterocycles. The fourth-order valence-electron chi connectivity index (χ4n) is 2.13.